The number of aromatic nitrogens is 2. The first-order valence-corrected chi connectivity index (χ1v) is 6.89. The maximum atomic E-state index is 12.1. The molecule has 0 aromatic carbocycles. The van der Waals surface area contributed by atoms with Crippen LogP contribution in [-0.4, -0.2) is 34.9 Å². The maximum absolute atomic E-state index is 12.1. The Morgan fingerprint density at radius 3 is 2.95 bits per heavy atom. The summed E-state index contributed by atoms with van der Waals surface area (Å²) in [5.41, 5.74) is 1.42. The molecule has 0 saturated carbocycles. The van der Waals surface area contributed by atoms with Gasteiger partial charge in [-0.25, -0.2) is 0 Å². The molecule has 1 fully saturated rings. The zero-order valence-electron chi connectivity index (χ0n) is 12.1. The van der Waals surface area contributed by atoms with E-state index in [2.05, 4.69) is 24.3 Å². The average molecular weight is 265 g/mol. The van der Waals surface area contributed by atoms with Crippen molar-refractivity contribution in [1.29, 1.82) is 0 Å². The van der Waals surface area contributed by atoms with E-state index in [9.17, 15) is 4.79 Å². The second-order valence-corrected chi connectivity index (χ2v) is 5.64. The molecule has 5 heteroatoms. The van der Waals surface area contributed by atoms with E-state index in [1.165, 1.54) is 0 Å². The van der Waals surface area contributed by atoms with Gasteiger partial charge in [0.25, 0.3) is 5.91 Å². The Morgan fingerprint density at radius 2 is 2.37 bits per heavy atom. The van der Waals surface area contributed by atoms with Gasteiger partial charge >= 0.3 is 0 Å². The van der Waals surface area contributed by atoms with Gasteiger partial charge < -0.3 is 10.1 Å². The Balaban J connectivity index is 1.92. The van der Waals surface area contributed by atoms with Gasteiger partial charge in [-0.2, -0.15) is 5.10 Å². The summed E-state index contributed by atoms with van der Waals surface area (Å²) in [6, 6.07) is 0. The molecule has 0 aliphatic carbocycles. The molecule has 1 aliphatic heterocycles. The molecule has 1 aromatic rings. The molecule has 1 aliphatic rings. The Bertz CT molecular complexity index is 454. The fraction of sp³-hybridized carbons (Fsp3) is 0.714. The molecule has 0 bridgehead atoms. The number of carbonyl (C=O) groups is 1. The number of aryl methyl sites for hydroxylation is 2. The molecule has 1 amide bonds. The highest BCUT2D eigenvalue weighted by Crippen LogP contribution is 2.26. The highest BCUT2D eigenvalue weighted by atomic mass is 16.5. The van der Waals surface area contributed by atoms with E-state index < -0.39 is 0 Å². The maximum Gasteiger partial charge on any atom is 0.254 e. The predicted octanol–water partition coefficient (Wildman–Crippen LogP) is 1.52. The topological polar surface area (TPSA) is 56.2 Å². The molecule has 2 rings (SSSR count). The first-order valence-electron chi connectivity index (χ1n) is 6.89. The van der Waals surface area contributed by atoms with E-state index in [1.807, 2.05) is 14.0 Å². The fourth-order valence-electron chi connectivity index (χ4n) is 2.75. The molecular formula is C14H23N3O2. The second kappa shape index (κ2) is 5.74. The molecule has 5 nitrogen and oxygen atoms in total. The summed E-state index contributed by atoms with van der Waals surface area (Å²) in [5.74, 6) is 0.866. The van der Waals surface area contributed by atoms with Gasteiger partial charge in [0.2, 0.25) is 0 Å². The van der Waals surface area contributed by atoms with Crippen LogP contribution in [-0.2, 0) is 11.8 Å². The monoisotopic (exact) mass is 265 g/mol. The Labute approximate surface area is 114 Å². The predicted molar refractivity (Wildman–Crippen MR) is 73.0 cm³/mol. The number of carbonyl (C=O) groups excluding carboxylic acids is 1. The van der Waals surface area contributed by atoms with Crippen LogP contribution in [0, 0.1) is 18.8 Å². The minimum absolute atomic E-state index is 0.0417. The second-order valence-electron chi connectivity index (χ2n) is 5.64. The van der Waals surface area contributed by atoms with Crippen LogP contribution in [0.25, 0.3) is 0 Å². The zero-order valence-corrected chi connectivity index (χ0v) is 12.1. The van der Waals surface area contributed by atoms with Crippen molar-refractivity contribution in [2.24, 2.45) is 18.9 Å². The van der Waals surface area contributed by atoms with Gasteiger partial charge in [0.05, 0.1) is 17.4 Å². The van der Waals surface area contributed by atoms with Gasteiger partial charge in [-0.15, -0.1) is 0 Å². The third kappa shape index (κ3) is 3.15. The lowest BCUT2D eigenvalue weighted by molar-refractivity contribution is 0.0533. The molecule has 2 heterocycles. The minimum atomic E-state index is -0.0417. The number of hydrogen-bond donors (Lipinski definition) is 1. The van der Waals surface area contributed by atoms with E-state index in [1.54, 1.807) is 10.9 Å². The van der Waals surface area contributed by atoms with E-state index in [0.29, 0.717) is 23.9 Å². The largest absolute Gasteiger partial charge is 0.378 e. The lowest BCUT2D eigenvalue weighted by Crippen LogP contribution is -2.35. The first-order chi connectivity index (χ1) is 8.99. The summed E-state index contributed by atoms with van der Waals surface area (Å²) < 4.78 is 7.39. The summed E-state index contributed by atoms with van der Waals surface area (Å²) in [6.45, 7) is 7.65. The van der Waals surface area contributed by atoms with E-state index >= 15 is 0 Å². The Morgan fingerprint density at radius 1 is 1.63 bits per heavy atom. The van der Waals surface area contributed by atoms with Crippen LogP contribution in [0.15, 0.2) is 6.20 Å². The third-order valence-corrected chi connectivity index (χ3v) is 3.70. The smallest absolute Gasteiger partial charge is 0.254 e. The van der Waals surface area contributed by atoms with Gasteiger partial charge in [0.1, 0.15) is 0 Å². The fourth-order valence-corrected chi connectivity index (χ4v) is 2.75. The summed E-state index contributed by atoms with van der Waals surface area (Å²) >= 11 is 0. The first kappa shape index (κ1) is 14.1. The molecule has 1 saturated heterocycles. The van der Waals surface area contributed by atoms with Crippen molar-refractivity contribution >= 4 is 5.91 Å². The molecule has 19 heavy (non-hydrogen) atoms. The quantitative estimate of drug-likeness (QED) is 0.898. The Kier molecular flexibility index (Phi) is 4.24. The molecule has 0 spiro atoms. The highest BCUT2D eigenvalue weighted by molar-refractivity contribution is 5.94. The van der Waals surface area contributed by atoms with E-state index in [4.69, 9.17) is 4.74 Å². The molecular weight excluding hydrogens is 242 g/mol. The average Bonchev–Trinajstić information content (AvgIpc) is 2.92. The number of rotatable bonds is 4. The summed E-state index contributed by atoms with van der Waals surface area (Å²) in [7, 11) is 1.82. The van der Waals surface area contributed by atoms with Gasteiger partial charge in [0.15, 0.2) is 0 Å². The van der Waals surface area contributed by atoms with E-state index in [0.717, 1.165) is 18.7 Å². The van der Waals surface area contributed by atoms with Crippen LogP contribution in [0.2, 0.25) is 0 Å². The molecule has 0 radical (unpaired) electrons. The van der Waals surface area contributed by atoms with Crippen LogP contribution in [0.1, 0.15) is 36.3 Å². The normalized spacial score (nSPS) is 23.0. The van der Waals surface area contributed by atoms with Gasteiger partial charge in [-0.1, -0.05) is 13.8 Å². The Hall–Kier alpha value is -1.36. The van der Waals surface area contributed by atoms with Crippen molar-refractivity contribution in [3.05, 3.63) is 17.5 Å². The summed E-state index contributed by atoms with van der Waals surface area (Å²) in [4.78, 5) is 12.1. The lowest BCUT2D eigenvalue weighted by atomic mass is 9.93. The molecule has 1 N–H and O–H groups in total. The zero-order chi connectivity index (χ0) is 14.0. The summed E-state index contributed by atoms with van der Waals surface area (Å²) in [5, 5.41) is 7.19. The third-order valence-electron chi connectivity index (χ3n) is 3.70. The van der Waals surface area contributed by atoms with Gasteiger partial charge in [-0.05, 0) is 19.3 Å². The number of ether oxygens (including phenoxy) is 1. The van der Waals surface area contributed by atoms with Crippen molar-refractivity contribution in [3.63, 3.8) is 0 Å². The van der Waals surface area contributed by atoms with Crippen LogP contribution >= 0.6 is 0 Å². The minimum Gasteiger partial charge on any atom is -0.378 e. The SMILES string of the molecule is Cc1nn(C)cc1C(=O)NC[C@H]1CCO[C@@H]1C(C)C. The van der Waals surface area contributed by atoms with Crippen LogP contribution in [0.3, 0.4) is 0 Å². The number of nitrogens with one attached hydrogen (secondary N) is 1. The lowest BCUT2D eigenvalue weighted by Gasteiger charge is -2.22. The molecule has 1 aromatic heterocycles. The van der Waals surface area contributed by atoms with Crippen LogP contribution in [0.4, 0.5) is 0 Å². The standard InChI is InChI=1S/C14H23N3O2/c1-9(2)13-11(5-6-19-13)7-15-14(18)12-8-17(4)16-10(12)3/h8-9,11,13H,5-7H2,1-4H3,(H,15,18)/t11-,13-/m1/s1. The van der Waals surface area contributed by atoms with Crippen molar-refractivity contribution in [2.45, 2.75) is 33.3 Å². The van der Waals surface area contributed by atoms with Crippen molar-refractivity contribution < 1.29 is 9.53 Å². The molecule has 106 valence electrons. The van der Waals surface area contributed by atoms with Crippen molar-refractivity contribution in [3.8, 4) is 0 Å². The van der Waals surface area contributed by atoms with Gasteiger partial charge in [-0.3, -0.25) is 9.48 Å². The van der Waals surface area contributed by atoms with Crippen LogP contribution in [0.5, 0.6) is 0 Å². The van der Waals surface area contributed by atoms with Crippen molar-refractivity contribution in [1.82, 2.24) is 15.1 Å². The van der Waals surface area contributed by atoms with Crippen LogP contribution < -0.4 is 5.32 Å². The summed E-state index contributed by atoms with van der Waals surface area (Å²) in [6.07, 6.45) is 3.04. The van der Waals surface area contributed by atoms with Crippen molar-refractivity contribution in [2.75, 3.05) is 13.2 Å². The number of amides is 1. The molecule has 0 unspecified atom stereocenters. The van der Waals surface area contributed by atoms with E-state index in [-0.39, 0.29) is 12.0 Å². The number of nitrogens with zero attached hydrogens (tertiary/aromatic N) is 2. The van der Waals surface area contributed by atoms with Gasteiger partial charge in [0, 0.05) is 32.3 Å². The molecule has 2 atom stereocenters. The highest BCUT2D eigenvalue weighted by Gasteiger charge is 2.30. The number of hydrogen-bond acceptors (Lipinski definition) is 3.